The Kier molecular flexibility index (Phi) is 4.44. The van der Waals surface area contributed by atoms with Crippen LogP contribution in [0.25, 0.3) is 0 Å². The van der Waals surface area contributed by atoms with Crippen molar-refractivity contribution in [2.45, 2.75) is 33.6 Å². The largest absolute Gasteiger partial charge is 0.357 e. The van der Waals surface area contributed by atoms with Crippen molar-refractivity contribution in [2.75, 3.05) is 0 Å². The van der Waals surface area contributed by atoms with Crippen LogP contribution in [0.3, 0.4) is 0 Å². The minimum Gasteiger partial charge on any atom is -0.0587 e. The minimum absolute atomic E-state index is 0.0375. The van der Waals surface area contributed by atoms with Crippen LogP contribution in [0.4, 0.5) is 0 Å². The van der Waals surface area contributed by atoms with Crippen LogP contribution < -0.4 is 21.2 Å². The van der Waals surface area contributed by atoms with Crippen molar-refractivity contribution in [1.29, 1.82) is 0 Å². The van der Waals surface area contributed by atoms with Gasteiger partial charge in [0.1, 0.15) is 0 Å². The Hall–Kier alpha value is -0.830. The molecule has 0 N–H and O–H groups in total. The average molecular weight is 351 g/mol. The second-order valence-electron chi connectivity index (χ2n) is 5.11. The fourth-order valence-corrected chi connectivity index (χ4v) is 4.74. The minimum atomic E-state index is -0.0375. The highest BCUT2D eigenvalue weighted by Crippen LogP contribution is 2.12. The summed E-state index contributed by atoms with van der Waals surface area (Å²) in [6, 6.07) is 16.1. The molecule has 1 heteroatoms. The highest BCUT2D eigenvalue weighted by atomic mass is 127. The SMILES string of the molecule is Cc1cc(C)cc([I+]c2ccc(C(C)C)cc2)c1. The predicted molar refractivity (Wildman–Crippen MR) is 73.8 cm³/mol. The van der Waals surface area contributed by atoms with E-state index < -0.39 is 0 Å². The fraction of sp³-hybridized carbons (Fsp3) is 0.294. The maximum absolute atomic E-state index is 2.33. The van der Waals surface area contributed by atoms with Crippen molar-refractivity contribution in [3.63, 3.8) is 0 Å². The van der Waals surface area contributed by atoms with Gasteiger partial charge in [-0.05, 0) is 60.7 Å². The van der Waals surface area contributed by atoms with Gasteiger partial charge in [-0.1, -0.05) is 32.0 Å². The van der Waals surface area contributed by atoms with E-state index in [0.717, 1.165) is 0 Å². The smallest absolute Gasteiger partial charge is 0.0587 e. The first-order valence-corrected chi connectivity index (χ1v) is 8.53. The van der Waals surface area contributed by atoms with E-state index in [-0.39, 0.29) is 21.2 Å². The lowest BCUT2D eigenvalue weighted by Crippen LogP contribution is -3.61. The molecule has 2 aromatic rings. The van der Waals surface area contributed by atoms with Gasteiger partial charge >= 0.3 is 21.2 Å². The van der Waals surface area contributed by atoms with Gasteiger partial charge < -0.3 is 0 Å². The molecule has 0 aliphatic heterocycles. The van der Waals surface area contributed by atoms with Crippen molar-refractivity contribution >= 4 is 0 Å². The van der Waals surface area contributed by atoms with Gasteiger partial charge in [-0.25, -0.2) is 0 Å². The van der Waals surface area contributed by atoms with Crippen molar-refractivity contribution < 1.29 is 21.2 Å². The van der Waals surface area contributed by atoms with Crippen LogP contribution >= 0.6 is 0 Å². The lowest BCUT2D eigenvalue weighted by Gasteiger charge is -2.02. The average Bonchev–Trinajstić information content (AvgIpc) is 2.28. The summed E-state index contributed by atoms with van der Waals surface area (Å²) < 4.78 is 3.02. The molecule has 0 heterocycles. The van der Waals surface area contributed by atoms with Gasteiger partial charge in [0.2, 0.25) is 0 Å². The molecule has 0 bridgehead atoms. The second kappa shape index (κ2) is 5.87. The Morgan fingerprint density at radius 2 is 1.33 bits per heavy atom. The molecule has 2 rings (SSSR count). The van der Waals surface area contributed by atoms with E-state index in [1.165, 1.54) is 23.8 Å². The van der Waals surface area contributed by atoms with Gasteiger partial charge in [0, 0.05) is 0 Å². The molecule has 0 radical (unpaired) electrons. The lowest BCUT2D eigenvalue weighted by atomic mass is 10.0. The van der Waals surface area contributed by atoms with E-state index >= 15 is 0 Å². The first-order chi connectivity index (χ1) is 8.54. The molecule has 0 nitrogen and oxygen atoms in total. The Bertz CT molecular complexity index is 504. The molecule has 0 saturated heterocycles. The summed E-state index contributed by atoms with van der Waals surface area (Å²) in [7, 11) is 0. The number of hydrogen-bond acceptors (Lipinski definition) is 0. The van der Waals surface area contributed by atoms with Gasteiger partial charge in [-0.3, -0.25) is 0 Å². The molecular weight excluding hydrogens is 331 g/mol. The quantitative estimate of drug-likeness (QED) is 0.737. The van der Waals surface area contributed by atoms with E-state index in [1.807, 2.05) is 0 Å². The molecular formula is C17H20I+. The standard InChI is InChI=1S/C17H20I/c1-12(2)15-5-7-16(8-6-15)18-17-10-13(3)9-14(4)11-17/h5-12H,1-4H3/q+1. The van der Waals surface area contributed by atoms with Gasteiger partial charge in [0.15, 0.2) is 7.14 Å². The monoisotopic (exact) mass is 351 g/mol. The number of rotatable bonds is 3. The third-order valence-electron chi connectivity index (χ3n) is 2.94. The maximum Gasteiger partial charge on any atom is 0.357 e. The molecule has 2 aromatic carbocycles. The molecule has 0 unspecified atom stereocenters. The van der Waals surface area contributed by atoms with Crippen molar-refractivity contribution in [2.24, 2.45) is 0 Å². The van der Waals surface area contributed by atoms with E-state index in [0.29, 0.717) is 5.92 Å². The number of benzene rings is 2. The van der Waals surface area contributed by atoms with E-state index in [2.05, 4.69) is 70.2 Å². The van der Waals surface area contributed by atoms with E-state index in [4.69, 9.17) is 0 Å². The molecule has 18 heavy (non-hydrogen) atoms. The van der Waals surface area contributed by atoms with Crippen LogP contribution in [0.15, 0.2) is 42.5 Å². The van der Waals surface area contributed by atoms with Crippen LogP contribution in [0.2, 0.25) is 0 Å². The second-order valence-corrected chi connectivity index (χ2v) is 8.14. The first kappa shape index (κ1) is 13.6. The molecule has 94 valence electrons. The predicted octanol–water partition coefficient (Wildman–Crippen LogP) is 1.56. The lowest BCUT2D eigenvalue weighted by molar-refractivity contribution is -0.597. The summed E-state index contributed by atoms with van der Waals surface area (Å²) in [5.41, 5.74) is 4.19. The van der Waals surface area contributed by atoms with Crippen LogP contribution in [0, 0.1) is 21.0 Å². The maximum atomic E-state index is 2.33. The van der Waals surface area contributed by atoms with Gasteiger partial charge in [-0.15, -0.1) is 0 Å². The molecule has 0 spiro atoms. The zero-order valence-electron chi connectivity index (χ0n) is 11.5. The van der Waals surface area contributed by atoms with Crippen LogP contribution in [-0.4, -0.2) is 0 Å². The zero-order valence-corrected chi connectivity index (χ0v) is 13.7. The normalized spacial score (nSPS) is 10.9. The molecule has 0 aliphatic carbocycles. The summed E-state index contributed by atoms with van der Waals surface area (Å²) in [5.74, 6) is 0.624. The van der Waals surface area contributed by atoms with E-state index in [1.54, 1.807) is 0 Å². The van der Waals surface area contributed by atoms with Crippen LogP contribution in [-0.2, 0) is 0 Å². The molecule has 0 fully saturated rings. The fourth-order valence-electron chi connectivity index (χ4n) is 2.01. The summed E-state index contributed by atoms with van der Waals surface area (Å²) in [5, 5.41) is 0. The summed E-state index contributed by atoms with van der Waals surface area (Å²) in [6.45, 7) is 8.85. The van der Waals surface area contributed by atoms with E-state index in [9.17, 15) is 0 Å². The zero-order chi connectivity index (χ0) is 13.1. The number of aryl methyl sites for hydroxylation is 2. The Morgan fingerprint density at radius 1 is 0.778 bits per heavy atom. The summed E-state index contributed by atoms with van der Waals surface area (Å²) in [6.07, 6.45) is 0. The molecule has 0 amide bonds. The highest BCUT2D eigenvalue weighted by Gasteiger charge is 2.16. The number of halogens is 1. The van der Waals surface area contributed by atoms with Gasteiger partial charge in [0.25, 0.3) is 0 Å². The van der Waals surface area contributed by atoms with Crippen LogP contribution in [0.1, 0.15) is 36.5 Å². The Labute approximate surface area is 121 Å². The molecule has 0 atom stereocenters. The Balaban J connectivity index is 2.18. The highest BCUT2D eigenvalue weighted by molar-refractivity contribution is 5.21. The summed E-state index contributed by atoms with van der Waals surface area (Å²) >= 11 is -0.0375. The topological polar surface area (TPSA) is 0 Å². The summed E-state index contributed by atoms with van der Waals surface area (Å²) in [4.78, 5) is 0. The molecule has 0 saturated carbocycles. The molecule has 0 aliphatic rings. The van der Waals surface area contributed by atoms with Crippen molar-refractivity contribution in [3.8, 4) is 0 Å². The third kappa shape index (κ3) is 3.58. The first-order valence-electron chi connectivity index (χ1n) is 6.37. The van der Waals surface area contributed by atoms with Crippen LogP contribution in [0.5, 0.6) is 0 Å². The Morgan fingerprint density at radius 3 is 1.83 bits per heavy atom. The number of hydrogen-bond donors (Lipinski definition) is 0. The van der Waals surface area contributed by atoms with Crippen molar-refractivity contribution in [3.05, 3.63) is 66.3 Å². The van der Waals surface area contributed by atoms with Gasteiger partial charge in [-0.2, -0.15) is 0 Å². The van der Waals surface area contributed by atoms with Crippen molar-refractivity contribution in [1.82, 2.24) is 0 Å². The molecule has 0 aromatic heterocycles. The third-order valence-corrected chi connectivity index (χ3v) is 5.53. The van der Waals surface area contributed by atoms with Gasteiger partial charge in [0.05, 0.1) is 0 Å².